The summed E-state index contributed by atoms with van der Waals surface area (Å²) < 4.78 is 10.7. The summed E-state index contributed by atoms with van der Waals surface area (Å²) in [4.78, 5) is 13.9. The first-order chi connectivity index (χ1) is 10.0. The van der Waals surface area contributed by atoms with Gasteiger partial charge in [-0.1, -0.05) is 12.1 Å². The van der Waals surface area contributed by atoms with Crippen LogP contribution in [-0.4, -0.2) is 50.4 Å². The van der Waals surface area contributed by atoms with Gasteiger partial charge in [0.15, 0.2) is 0 Å². The number of anilines is 1. The maximum atomic E-state index is 12.2. The lowest BCUT2D eigenvalue weighted by Gasteiger charge is -2.17. The molecule has 1 fully saturated rings. The van der Waals surface area contributed by atoms with Crippen LogP contribution in [0.4, 0.5) is 10.5 Å². The van der Waals surface area contributed by atoms with E-state index >= 15 is 0 Å². The molecule has 21 heavy (non-hydrogen) atoms. The van der Waals surface area contributed by atoms with Crippen molar-refractivity contribution in [3.8, 4) is 0 Å². The Morgan fingerprint density at radius 2 is 1.76 bits per heavy atom. The van der Waals surface area contributed by atoms with Gasteiger partial charge in [-0.25, -0.2) is 4.79 Å². The van der Waals surface area contributed by atoms with Crippen LogP contribution in [0.15, 0.2) is 24.3 Å². The van der Waals surface area contributed by atoms with E-state index in [2.05, 4.69) is 5.32 Å². The van der Waals surface area contributed by atoms with Gasteiger partial charge in [0, 0.05) is 25.9 Å². The Kier molecular flexibility index (Phi) is 5.17. The van der Waals surface area contributed by atoms with Gasteiger partial charge in [-0.05, 0) is 24.6 Å². The predicted octanol–water partition coefficient (Wildman–Crippen LogP) is 1.58. The van der Waals surface area contributed by atoms with Crippen molar-refractivity contribution in [3.63, 3.8) is 0 Å². The standard InChI is InChI=1S/C15H23N3O3/c1-10(16)11-4-6-12(7-5-11)17-15(19)18-8-13(20-2)14(9-18)21-3/h4-7,10,13-14H,8-9,16H2,1-3H3,(H,17,19). The number of methoxy groups -OCH3 is 2. The summed E-state index contributed by atoms with van der Waals surface area (Å²) in [6.45, 7) is 2.98. The van der Waals surface area contributed by atoms with Gasteiger partial charge < -0.3 is 25.4 Å². The topological polar surface area (TPSA) is 76.8 Å². The first-order valence-electron chi connectivity index (χ1n) is 7.02. The fourth-order valence-corrected chi connectivity index (χ4v) is 2.44. The van der Waals surface area contributed by atoms with Crippen LogP contribution in [0.5, 0.6) is 0 Å². The maximum absolute atomic E-state index is 12.2. The number of carbonyl (C=O) groups excluding carboxylic acids is 1. The van der Waals surface area contributed by atoms with E-state index in [0.29, 0.717) is 13.1 Å². The summed E-state index contributed by atoms with van der Waals surface area (Å²) in [7, 11) is 3.26. The number of rotatable bonds is 4. The molecular formula is C15H23N3O3. The number of urea groups is 1. The van der Waals surface area contributed by atoms with Crippen LogP contribution in [-0.2, 0) is 9.47 Å². The minimum atomic E-state index is -0.148. The number of hydrogen-bond donors (Lipinski definition) is 2. The van der Waals surface area contributed by atoms with Crippen molar-refractivity contribution in [2.24, 2.45) is 5.73 Å². The summed E-state index contributed by atoms with van der Waals surface area (Å²) in [6.07, 6.45) is -0.164. The molecule has 0 aromatic heterocycles. The molecular weight excluding hydrogens is 270 g/mol. The SMILES string of the molecule is COC1CN(C(=O)Nc2ccc(C(C)N)cc2)CC1OC. The first-order valence-corrected chi connectivity index (χ1v) is 7.02. The molecule has 3 atom stereocenters. The van der Waals surface area contributed by atoms with Crippen molar-refractivity contribution in [2.45, 2.75) is 25.2 Å². The predicted molar refractivity (Wildman–Crippen MR) is 81.2 cm³/mol. The van der Waals surface area contributed by atoms with Crippen molar-refractivity contribution < 1.29 is 14.3 Å². The smallest absolute Gasteiger partial charge is 0.322 e. The third kappa shape index (κ3) is 3.72. The molecule has 1 saturated heterocycles. The summed E-state index contributed by atoms with van der Waals surface area (Å²) in [5, 5.41) is 2.87. The van der Waals surface area contributed by atoms with Crippen LogP contribution in [0.2, 0.25) is 0 Å². The van der Waals surface area contributed by atoms with E-state index in [1.807, 2.05) is 31.2 Å². The maximum Gasteiger partial charge on any atom is 0.322 e. The minimum absolute atomic E-state index is 0.0155. The summed E-state index contributed by atoms with van der Waals surface area (Å²) in [5.74, 6) is 0. The average Bonchev–Trinajstić information content (AvgIpc) is 2.91. The second kappa shape index (κ2) is 6.89. The van der Waals surface area contributed by atoms with E-state index < -0.39 is 0 Å². The van der Waals surface area contributed by atoms with Crippen molar-refractivity contribution in [2.75, 3.05) is 32.6 Å². The molecule has 0 bridgehead atoms. The number of amides is 2. The molecule has 1 aromatic rings. The second-order valence-electron chi connectivity index (χ2n) is 5.29. The third-order valence-corrected chi connectivity index (χ3v) is 3.80. The molecule has 3 unspecified atom stereocenters. The lowest BCUT2D eigenvalue weighted by Crippen LogP contribution is -2.34. The number of benzene rings is 1. The normalized spacial score (nSPS) is 23.1. The average molecular weight is 293 g/mol. The number of likely N-dealkylation sites (tertiary alicyclic amines) is 1. The molecule has 6 nitrogen and oxygen atoms in total. The van der Waals surface area contributed by atoms with E-state index in [4.69, 9.17) is 15.2 Å². The molecule has 0 radical (unpaired) electrons. The molecule has 1 heterocycles. The zero-order valence-electron chi connectivity index (χ0n) is 12.7. The molecule has 1 aliphatic rings. The lowest BCUT2D eigenvalue weighted by molar-refractivity contribution is -0.00461. The quantitative estimate of drug-likeness (QED) is 0.883. The molecule has 3 N–H and O–H groups in total. The second-order valence-corrected chi connectivity index (χ2v) is 5.29. The largest absolute Gasteiger partial charge is 0.377 e. The molecule has 0 aliphatic carbocycles. The molecule has 116 valence electrons. The van der Waals surface area contributed by atoms with Crippen LogP contribution < -0.4 is 11.1 Å². The van der Waals surface area contributed by atoms with Crippen LogP contribution in [0.25, 0.3) is 0 Å². The molecule has 1 aromatic carbocycles. The van der Waals surface area contributed by atoms with Gasteiger partial charge in [0.25, 0.3) is 0 Å². The van der Waals surface area contributed by atoms with Crippen LogP contribution in [0, 0.1) is 0 Å². The van der Waals surface area contributed by atoms with Gasteiger partial charge in [0.2, 0.25) is 0 Å². The highest BCUT2D eigenvalue weighted by atomic mass is 16.5. The third-order valence-electron chi connectivity index (χ3n) is 3.80. The van der Waals surface area contributed by atoms with Gasteiger partial charge in [0.1, 0.15) is 12.2 Å². The summed E-state index contributed by atoms with van der Waals surface area (Å²) in [5.41, 5.74) is 7.59. The fraction of sp³-hybridized carbons (Fsp3) is 0.533. The number of nitrogens with zero attached hydrogens (tertiary/aromatic N) is 1. The van der Waals surface area contributed by atoms with Crippen molar-refractivity contribution in [1.29, 1.82) is 0 Å². The summed E-state index contributed by atoms with van der Waals surface area (Å²) in [6, 6.07) is 7.38. The van der Waals surface area contributed by atoms with E-state index in [9.17, 15) is 4.79 Å². The minimum Gasteiger partial charge on any atom is -0.377 e. The molecule has 0 saturated carbocycles. The van der Waals surface area contributed by atoms with E-state index in [1.54, 1.807) is 19.1 Å². The Morgan fingerprint density at radius 3 is 2.19 bits per heavy atom. The monoisotopic (exact) mass is 293 g/mol. The molecule has 2 rings (SSSR count). The number of nitrogens with one attached hydrogen (secondary N) is 1. The van der Waals surface area contributed by atoms with E-state index in [-0.39, 0.29) is 24.3 Å². The molecule has 6 heteroatoms. The zero-order valence-corrected chi connectivity index (χ0v) is 12.7. The highest BCUT2D eigenvalue weighted by Gasteiger charge is 2.35. The Balaban J connectivity index is 1.95. The van der Waals surface area contributed by atoms with Gasteiger partial charge in [-0.2, -0.15) is 0 Å². The Hall–Kier alpha value is -1.63. The van der Waals surface area contributed by atoms with E-state index in [1.165, 1.54) is 0 Å². The van der Waals surface area contributed by atoms with Crippen molar-refractivity contribution in [1.82, 2.24) is 4.90 Å². The lowest BCUT2D eigenvalue weighted by atomic mass is 10.1. The Labute approximate surface area is 125 Å². The Morgan fingerprint density at radius 1 is 1.24 bits per heavy atom. The highest BCUT2D eigenvalue weighted by Crippen LogP contribution is 2.18. The number of carbonyl (C=O) groups is 1. The van der Waals surface area contributed by atoms with Gasteiger partial charge in [0.05, 0.1) is 13.1 Å². The zero-order chi connectivity index (χ0) is 15.4. The van der Waals surface area contributed by atoms with Crippen LogP contribution in [0.1, 0.15) is 18.5 Å². The van der Waals surface area contributed by atoms with Crippen LogP contribution in [0.3, 0.4) is 0 Å². The molecule has 1 aliphatic heterocycles. The van der Waals surface area contributed by atoms with Crippen molar-refractivity contribution in [3.05, 3.63) is 29.8 Å². The van der Waals surface area contributed by atoms with Crippen molar-refractivity contribution >= 4 is 11.7 Å². The van der Waals surface area contributed by atoms with Gasteiger partial charge in [-0.3, -0.25) is 0 Å². The van der Waals surface area contributed by atoms with E-state index in [0.717, 1.165) is 11.3 Å². The number of nitrogens with two attached hydrogens (primary N) is 1. The summed E-state index contributed by atoms with van der Waals surface area (Å²) >= 11 is 0. The highest BCUT2D eigenvalue weighted by molar-refractivity contribution is 5.89. The van der Waals surface area contributed by atoms with Gasteiger partial charge in [-0.15, -0.1) is 0 Å². The molecule has 0 spiro atoms. The number of ether oxygens (including phenoxy) is 2. The molecule has 2 amide bonds. The fourth-order valence-electron chi connectivity index (χ4n) is 2.44. The first kappa shape index (κ1) is 15.8. The Bertz CT molecular complexity index is 464. The van der Waals surface area contributed by atoms with Gasteiger partial charge >= 0.3 is 6.03 Å². The van der Waals surface area contributed by atoms with Crippen LogP contribution >= 0.6 is 0 Å². The number of hydrogen-bond acceptors (Lipinski definition) is 4.